The van der Waals surface area contributed by atoms with Gasteiger partial charge in [-0.25, -0.2) is 4.79 Å². The monoisotopic (exact) mass is 806 g/mol. The van der Waals surface area contributed by atoms with Crippen LogP contribution in [0.5, 0.6) is 0 Å². The molecule has 0 fully saturated rings. The van der Waals surface area contributed by atoms with Crippen molar-refractivity contribution in [2.75, 3.05) is 47.5 Å². The van der Waals surface area contributed by atoms with E-state index in [-0.39, 0.29) is 19.6 Å². The van der Waals surface area contributed by atoms with Gasteiger partial charge in [-0.2, -0.15) is 0 Å². The van der Waals surface area contributed by atoms with Gasteiger partial charge in [0, 0.05) is 12.5 Å². The Morgan fingerprint density at radius 2 is 1.12 bits per heavy atom. The number of phosphoric acid groups is 1. The van der Waals surface area contributed by atoms with Crippen LogP contribution in [0.1, 0.15) is 155 Å². The Bertz CT molecular complexity index is 1180. The summed E-state index contributed by atoms with van der Waals surface area (Å²) in [5.74, 6) is -1.13. The normalized spacial score (nSPS) is 14.3. The van der Waals surface area contributed by atoms with Crippen LogP contribution >= 0.6 is 7.82 Å². The molecule has 0 heterocycles. The molecule has 322 valence electrons. The van der Waals surface area contributed by atoms with Crippen LogP contribution in [0.4, 0.5) is 0 Å². The molecule has 0 amide bonds. The van der Waals surface area contributed by atoms with Crippen molar-refractivity contribution in [1.29, 1.82) is 0 Å². The molecule has 10 heteroatoms. The smallest absolute Gasteiger partial charge is 0.330 e. The summed E-state index contributed by atoms with van der Waals surface area (Å²) in [6, 6.07) is 0. The number of allylic oxidation sites excluding steroid dienone is 11. The fraction of sp³-hybridized carbons (Fsp3) is 0.696. The van der Waals surface area contributed by atoms with E-state index in [2.05, 4.69) is 62.5 Å². The quantitative estimate of drug-likeness (QED) is 0.0115. The maximum Gasteiger partial charge on any atom is 0.330 e. The van der Waals surface area contributed by atoms with Crippen molar-refractivity contribution in [2.45, 2.75) is 161 Å². The second-order valence-corrected chi connectivity index (χ2v) is 16.8. The molecule has 56 heavy (non-hydrogen) atoms. The molecule has 0 saturated heterocycles. The van der Waals surface area contributed by atoms with Crippen molar-refractivity contribution in [1.82, 2.24) is 0 Å². The van der Waals surface area contributed by atoms with Crippen molar-refractivity contribution in [2.24, 2.45) is 0 Å². The van der Waals surface area contributed by atoms with Gasteiger partial charge in [0.2, 0.25) is 0 Å². The Morgan fingerprint density at radius 3 is 1.70 bits per heavy atom. The molecule has 0 radical (unpaired) electrons. The summed E-state index contributed by atoms with van der Waals surface area (Å²) in [4.78, 5) is 37.4. The van der Waals surface area contributed by atoms with Crippen molar-refractivity contribution in [3.05, 3.63) is 72.9 Å². The summed E-state index contributed by atoms with van der Waals surface area (Å²) in [5, 5.41) is 0. The molecule has 0 aliphatic heterocycles. The highest BCUT2D eigenvalue weighted by Crippen LogP contribution is 2.38. The molecule has 2 atom stereocenters. The van der Waals surface area contributed by atoms with E-state index in [9.17, 15) is 19.0 Å². The van der Waals surface area contributed by atoms with Gasteiger partial charge in [0.25, 0.3) is 7.82 Å². The molecular formula is C46H80NO8P. The highest BCUT2D eigenvalue weighted by molar-refractivity contribution is 7.45. The minimum absolute atomic E-state index is 0.0533. The number of ether oxygens (including phenoxy) is 2. The van der Waals surface area contributed by atoms with Crippen LogP contribution in [0.25, 0.3) is 0 Å². The highest BCUT2D eigenvalue weighted by Gasteiger charge is 2.21. The Hall–Kier alpha value is -2.55. The van der Waals surface area contributed by atoms with Gasteiger partial charge in [-0.3, -0.25) is 9.36 Å². The third kappa shape index (κ3) is 41.1. The molecule has 0 aliphatic rings. The molecule has 0 spiro atoms. The maximum atomic E-state index is 12.6. The molecule has 0 aromatic heterocycles. The van der Waals surface area contributed by atoms with E-state index in [0.29, 0.717) is 17.4 Å². The Balaban J connectivity index is 4.55. The third-order valence-electron chi connectivity index (χ3n) is 8.78. The Labute approximate surface area is 342 Å². The third-order valence-corrected chi connectivity index (χ3v) is 9.75. The maximum absolute atomic E-state index is 12.6. The van der Waals surface area contributed by atoms with E-state index in [4.69, 9.17) is 18.5 Å². The zero-order valence-electron chi connectivity index (χ0n) is 36.1. The second kappa shape index (κ2) is 38.0. The number of nitrogens with zero attached hydrogens (tertiary/aromatic N) is 1. The molecule has 0 bridgehead atoms. The lowest BCUT2D eigenvalue weighted by atomic mass is 10.1. The van der Waals surface area contributed by atoms with Gasteiger partial charge in [-0.1, -0.05) is 158 Å². The van der Waals surface area contributed by atoms with Crippen LogP contribution in [-0.2, 0) is 32.7 Å². The van der Waals surface area contributed by atoms with Gasteiger partial charge in [0.15, 0.2) is 6.10 Å². The van der Waals surface area contributed by atoms with Gasteiger partial charge in [-0.05, 0) is 57.8 Å². The van der Waals surface area contributed by atoms with Crippen molar-refractivity contribution >= 4 is 19.8 Å². The lowest BCUT2D eigenvalue weighted by molar-refractivity contribution is -0.870. The summed E-state index contributed by atoms with van der Waals surface area (Å²) in [7, 11) is 1.09. The number of quaternary nitrogens is 1. The van der Waals surface area contributed by atoms with Crippen molar-refractivity contribution < 1.29 is 42.1 Å². The van der Waals surface area contributed by atoms with Crippen molar-refractivity contribution in [3.8, 4) is 0 Å². The largest absolute Gasteiger partial charge is 0.756 e. The number of esters is 2. The molecule has 9 nitrogen and oxygen atoms in total. The van der Waals surface area contributed by atoms with E-state index in [1.54, 1.807) is 6.08 Å². The van der Waals surface area contributed by atoms with E-state index < -0.39 is 32.5 Å². The second-order valence-electron chi connectivity index (χ2n) is 15.4. The van der Waals surface area contributed by atoms with Crippen LogP contribution in [0.15, 0.2) is 72.9 Å². The zero-order valence-corrected chi connectivity index (χ0v) is 36.9. The predicted molar refractivity (Wildman–Crippen MR) is 231 cm³/mol. The minimum Gasteiger partial charge on any atom is -0.756 e. The van der Waals surface area contributed by atoms with Crippen LogP contribution in [0.2, 0.25) is 0 Å². The van der Waals surface area contributed by atoms with Gasteiger partial charge < -0.3 is 27.9 Å². The lowest BCUT2D eigenvalue weighted by Gasteiger charge is -2.28. The van der Waals surface area contributed by atoms with E-state index in [1.165, 1.54) is 76.7 Å². The van der Waals surface area contributed by atoms with Crippen molar-refractivity contribution in [3.63, 3.8) is 0 Å². The average Bonchev–Trinajstić information content (AvgIpc) is 3.15. The number of rotatable bonds is 38. The minimum atomic E-state index is -4.66. The first kappa shape index (κ1) is 53.5. The summed E-state index contributed by atoms with van der Waals surface area (Å²) in [5.41, 5.74) is 0. The SMILES string of the molecule is CCC/C=C/C/C=C/C/C=C/C/C=C/CCCCCC(=O)O[C@H](COC(=O)/C=C/C=C/CCCCCCCCCCCCC)COP(=O)([O-])OCC[N+](C)(C)C. The number of unbranched alkanes of at least 4 members (excludes halogenated alkanes) is 15. The number of hydrogen-bond acceptors (Lipinski definition) is 8. The molecule has 0 aromatic rings. The Morgan fingerprint density at radius 1 is 0.607 bits per heavy atom. The van der Waals surface area contributed by atoms with Crippen LogP contribution in [0.3, 0.4) is 0 Å². The summed E-state index contributed by atoms with van der Waals surface area (Å²) in [6.45, 7) is 3.97. The number of hydrogen-bond donors (Lipinski definition) is 0. The zero-order chi connectivity index (χ0) is 41.4. The molecule has 0 N–H and O–H groups in total. The molecule has 0 aromatic carbocycles. The average molecular weight is 806 g/mol. The molecule has 0 saturated carbocycles. The van der Waals surface area contributed by atoms with Gasteiger partial charge in [-0.15, -0.1) is 0 Å². The van der Waals surface area contributed by atoms with Crippen LogP contribution in [0, 0.1) is 0 Å². The lowest BCUT2D eigenvalue weighted by Crippen LogP contribution is -2.37. The first-order valence-electron chi connectivity index (χ1n) is 21.7. The topological polar surface area (TPSA) is 111 Å². The fourth-order valence-electron chi connectivity index (χ4n) is 5.38. The van der Waals surface area contributed by atoms with Gasteiger partial charge in [0.05, 0.1) is 27.7 Å². The van der Waals surface area contributed by atoms with E-state index in [1.807, 2.05) is 33.3 Å². The van der Waals surface area contributed by atoms with E-state index in [0.717, 1.165) is 57.8 Å². The van der Waals surface area contributed by atoms with Crippen LogP contribution in [-0.4, -0.2) is 70.0 Å². The summed E-state index contributed by atoms with van der Waals surface area (Å²) >= 11 is 0. The highest BCUT2D eigenvalue weighted by atomic mass is 31.2. The standard InChI is InChI=1S/C46H80NO8P/c1-6-8-10-12-14-16-18-20-22-23-25-27-29-31-33-35-37-39-46(49)55-44(43-54-56(50,51)53-41-40-47(3,4)5)42-52-45(48)38-36-34-32-30-28-26-24-21-19-17-15-13-11-9-7-2/h10,12,16,18,22-23,27,29,32,34,36,38,44H,6-9,11,13-15,17,19-21,24-26,28,30-31,33,35,37,39-43H2,1-5H3/b12-10+,18-16+,23-22+,29-27+,34-32+,38-36+/t44-/m1/s1. The number of carbonyl (C=O) groups is 2. The Kier molecular flexibility index (Phi) is 36.3. The summed E-state index contributed by atoms with van der Waals surface area (Å²) in [6.07, 6.45) is 47.0. The number of carbonyl (C=O) groups excluding carboxylic acids is 2. The van der Waals surface area contributed by atoms with Crippen LogP contribution < -0.4 is 4.89 Å². The first-order chi connectivity index (χ1) is 27.0. The molecule has 1 unspecified atom stereocenters. The molecule has 0 rings (SSSR count). The molecular weight excluding hydrogens is 725 g/mol. The van der Waals surface area contributed by atoms with Gasteiger partial charge in [0.1, 0.15) is 19.8 Å². The summed E-state index contributed by atoms with van der Waals surface area (Å²) < 4.78 is 33.6. The number of likely N-dealkylation sites (N-methyl/N-ethyl adjacent to an activating group) is 1. The molecule has 0 aliphatic carbocycles. The first-order valence-corrected chi connectivity index (χ1v) is 23.1. The predicted octanol–water partition coefficient (Wildman–Crippen LogP) is 11.6. The van der Waals surface area contributed by atoms with E-state index >= 15 is 0 Å². The number of phosphoric ester groups is 1. The van der Waals surface area contributed by atoms with Gasteiger partial charge >= 0.3 is 11.9 Å². The fourth-order valence-corrected chi connectivity index (χ4v) is 6.11.